The second kappa shape index (κ2) is 5.22. The number of fused-ring (bicyclic) bond motifs is 1. The number of hydrogen-bond acceptors (Lipinski definition) is 4. The van der Waals surface area contributed by atoms with Gasteiger partial charge in [0.2, 0.25) is 0 Å². The fraction of sp³-hybridized carbons (Fsp3) is 0. The minimum atomic E-state index is -0.445. The third-order valence-corrected chi connectivity index (χ3v) is 3.21. The van der Waals surface area contributed by atoms with Gasteiger partial charge >= 0.3 is 5.63 Å². The van der Waals surface area contributed by atoms with Gasteiger partial charge in [-0.15, -0.1) is 0 Å². The smallest absolute Gasteiger partial charge is 0.344 e. The average molecular weight is 280 g/mol. The van der Waals surface area contributed by atoms with E-state index < -0.39 is 11.5 Å². The standard InChI is InChI=1S/C16H12N2O3/c17-18-15(19)12-6-3-5-10(8-12)13-9-11-4-1-2-7-14(11)21-16(13)20/h1-9H,17H2,(H,18,19). The van der Waals surface area contributed by atoms with E-state index in [0.29, 0.717) is 22.3 Å². The Morgan fingerprint density at radius 1 is 1.05 bits per heavy atom. The molecule has 1 aromatic heterocycles. The summed E-state index contributed by atoms with van der Waals surface area (Å²) in [6.45, 7) is 0. The van der Waals surface area contributed by atoms with Crippen molar-refractivity contribution in [2.45, 2.75) is 0 Å². The second-order valence-corrected chi connectivity index (χ2v) is 4.54. The molecule has 104 valence electrons. The van der Waals surface area contributed by atoms with Gasteiger partial charge in [-0.2, -0.15) is 0 Å². The van der Waals surface area contributed by atoms with E-state index >= 15 is 0 Å². The molecular formula is C16H12N2O3. The Kier molecular flexibility index (Phi) is 3.25. The highest BCUT2D eigenvalue weighted by Crippen LogP contribution is 2.21. The Morgan fingerprint density at radius 2 is 1.86 bits per heavy atom. The molecule has 0 radical (unpaired) electrons. The number of hydrazine groups is 1. The van der Waals surface area contributed by atoms with Gasteiger partial charge in [-0.3, -0.25) is 10.2 Å². The number of rotatable bonds is 2. The molecule has 0 spiro atoms. The van der Waals surface area contributed by atoms with Crippen molar-refractivity contribution in [1.29, 1.82) is 0 Å². The van der Waals surface area contributed by atoms with Gasteiger partial charge in [-0.25, -0.2) is 10.6 Å². The molecule has 0 atom stereocenters. The van der Waals surface area contributed by atoms with Gasteiger partial charge in [0.25, 0.3) is 5.91 Å². The van der Waals surface area contributed by atoms with Crippen LogP contribution in [0, 0.1) is 0 Å². The number of nitrogens with one attached hydrogen (secondary N) is 1. The summed E-state index contributed by atoms with van der Waals surface area (Å²) in [5, 5.41) is 0.820. The lowest BCUT2D eigenvalue weighted by Gasteiger charge is -2.05. The third kappa shape index (κ3) is 2.42. The van der Waals surface area contributed by atoms with Crippen molar-refractivity contribution in [3.05, 3.63) is 70.6 Å². The molecule has 3 rings (SSSR count). The summed E-state index contributed by atoms with van der Waals surface area (Å²) in [4.78, 5) is 23.6. The molecule has 0 bridgehead atoms. The zero-order valence-electron chi connectivity index (χ0n) is 11.0. The summed E-state index contributed by atoms with van der Waals surface area (Å²) in [7, 11) is 0. The van der Waals surface area contributed by atoms with E-state index in [1.807, 2.05) is 12.1 Å². The summed E-state index contributed by atoms with van der Waals surface area (Å²) >= 11 is 0. The van der Waals surface area contributed by atoms with Crippen LogP contribution in [0.1, 0.15) is 10.4 Å². The lowest BCUT2D eigenvalue weighted by molar-refractivity contribution is 0.0953. The van der Waals surface area contributed by atoms with Crippen LogP contribution in [0.5, 0.6) is 0 Å². The van der Waals surface area contributed by atoms with Crippen molar-refractivity contribution in [3.63, 3.8) is 0 Å². The molecule has 0 saturated heterocycles. The van der Waals surface area contributed by atoms with Crippen LogP contribution in [0.15, 0.2) is 63.8 Å². The van der Waals surface area contributed by atoms with E-state index in [2.05, 4.69) is 5.43 Å². The van der Waals surface area contributed by atoms with Crippen molar-refractivity contribution < 1.29 is 9.21 Å². The molecule has 3 N–H and O–H groups in total. The monoisotopic (exact) mass is 280 g/mol. The van der Waals surface area contributed by atoms with Gasteiger partial charge in [0.05, 0.1) is 5.56 Å². The summed E-state index contributed by atoms with van der Waals surface area (Å²) in [6, 6.07) is 15.7. The second-order valence-electron chi connectivity index (χ2n) is 4.54. The minimum absolute atomic E-state index is 0.377. The first-order chi connectivity index (χ1) is 10.2. The molecule has 0 fully saturated rings. The molecule has 0 unspecified atom stereocenters. The van der Waals surface area contributed by atoms with E-state index in [0.717, 1.165) is 5.39 Å². The van der Waals surface area contributed by atoms with Crippen molar-refractivity contribution in [1.82, 2.24) is 5.43 Å². The van der Waals surface area contributed by atoms with E-state index in [9.17, 15) is 9.59 Å². The van der Waals surface area contributed by atoms with Crippen LogP contribution in [-0.2, 0) is 0 Å². The van der Waals surface area contributed by atoms with Crippen molar-refractivity contribution in [3.8, 4) is 11.1 Å². The molecule has 2 aromatic carbocycles. The SMILES string of the molecule is NNC(=O)c1cccc(-c2cc3ccccc3oc2=O)c1. The maximum atomic E-state index is 12.1. The fourth-order valence-electron chi connectivity index (χ4n) is 2.17. The lowest BCUT2D eigenvalue weighted by atomic mass is 10.0. The minimum Gasteiger partial charge on any atom is -0.422 e. The Labute approximate surface area is 120 Å². The van der Waals surface area contributed by atoms with Crippen molar-refractivity contribution in [2.75, 3.05) is 0 Å². The predicted molar refractivity (Wildman–Crippen MR) is 79.6 cm³/mol. The topological polar surface area (TPSA) is 85.3 Å². The first kappa shape index (κ1) is 13.1. The number of carbonyl (C=O) groups excluding carboxylic acids is 1. The number of hydrogen-bond donors (Lipinski definition) is 2. The maximum absolute atomic E-state index is 12.1. The number of nitrogens with two attached hydrogens (primary N) is 1. The molecular weight excluding hydrogens is 268 g/mol. The van der Waals surface area contributed by atoms with E-state index in [4.69, 9.17) is 10.3 Å². The third-order valence-electron chi connectivity index (χ3n) is 3.21. The molecule has 0 aliphatic rings. The van der Waals surface area contributed by atoms with E-state index in [1.54, 1.807) is 42.5 Å². The van der Waals surface area contributed by atoms with Crippen LogP contribution < -0.4 is 16.9 Å². The largest absolute Gasteiger partial charge is 0.422 e. The molecule has 0 saturated carbocycles. The van der Waals surface area contributed by atoms with Crippen LogP contribution in [-0.4, -0.2) is 5.91 Å². The highest BCUT2D eigenvalue weighted by Gasteiger charge is 2.10. The van der Waals surface area contributed by atoms with Gasteiger partial charge in [0.1, 0.15) is 5.58 Å². The molecule has 21 heavy (non-hydrogen) atoms. The van der Waals surface area contributed by atoms with Crippen LogP contribution in [0.25, 0.3) is 22.1 Å². The number of nitrogen functional groups attached to an aromatic ring is 1. The van der Waals surface area contributed by atoms with Crippen LogP contribution in [0.3, 0.4) is 0 Å². The Morgan fingerprint density at radius 3 is 2.67 bits per heavy atom. The normalized spacial score (nSPS) is 10.5. The van der Waals surface area contributed by atoms with Crippen molar-refractivity contribution >= 4 is 16.9 Å². The molecule has 1 heterocycles. The van der Waals surface area contributed by atoms with Gasteiger partial charge in [-0.1, -0.05) is 30.3 Å². The predicted octanol–water partition coefficient (Wildman–Crippen LogP) is 2.06. The summed E-state index contributed by atoms with van der Waals surface area (Å²) in [5.41, 5.74) is 3.54. The molecule has 3 aromatic rings. The molecule has 5 nitrogen and oxygen atoms in total. The number of benzene rings is 2. The van der Waals surface area contributed by atoms with Gasteiger partial charge in [0, 0.05) is 10.9 Å². The van der Waals surface area contributed by atoms with Crippen LogP contribution >= 0.6 is 0 Å². The lowest BCUT2D eigenvalue weighted by Crippen LogP contribution is -2.29. The number of para-hydroxylation sites is 1. The first-order valence-electron chi connectivity index (χ1n) is 6.33. The number of carbonyl (C=O) groups is 1. The van der Waals surface area contributed by atoms with Gasteiger partial charge in [0.15, 0.2) is 0 Å². The van der Waals surface area contributed by atoms with Gasteiger partial charge in [-0.05, 0) is 29.8 Å². The maximum Gasteiger partial charge on any atom is 0.344 e. The van der Waals surface area contributed by atoms with Crippen molar-refractivity contribution in [2.24, 2.45) is 5.84 Å². The van der Waals surface area contributed by atoms with Crippen LogP contribution in [0.4, 0.5) is 0 Å². The average Bonchev–Trinajstić information content (AvgIpc) is 2.53. The first-order valence-corrected chi connectivity index (χ1v) is 6.33. The molecule has 1 amide bonds. The highest BCUT2D eigenvalue weighted by atomic mass is 16.4. The Hall–Kier alpha value is -2.92. The quantitative estimate of drug-likeness (QED) is 0.325. The molecule has 0 aliphatic carbocycles. The molecule has 0 aliphatic heterocycles. The molecule has 5 heteroatoms. The zero-order valence-corrected chi connectivity index (χ0v) is 11.0. The van der Waals surface area contributed by atoms with Gasteiger partial charge < -0.3 is 4.42 Å². The fourth-order valence-corrected chi connectivity index (χ4v) is 2.17. The summed E-state index contributed by atoms with van der Waals surface area (Å²) < 4.78 is 5.29. The van der Waals surface area contributed by atoms with Crippen LogP contribution in [0.2, 0.25) is 0 Å². The Balaban J connectivity index is 2.18. The van der Waals surface area contributed by atoms with E-state index in [-0.39, 0.29) is 0 Å². The number of amides is 1. The summed E-state index contributed by atoms with van der Waals surface area (Å²) in [5.74, 6) is 4.70. The highest BCUT2D eigenvalue weighted by molar-refractivity contribution is 5.95. The zero-order chi connectivity index (χ0) is 14.8. The summed E-state index contributed by atoms with van der Waals surface area (Å²) in [6.07, 6.45) is 0. The Bertz CT molecular complexity index is 884. The van der Waals surface area contributed by atoms with E-state index in [1.165, 1.54) is 0 Å².